The van der Waals surface area contributed by atoms with Crippen LogP contribution in [0.15, 0.2) is 36.4 Å². The molecule has 0 spiro atoms. The van der Waals surface area contributed by atoms with Gasteiger partial charge in [0.15, 0.2) is 5.13 Å². The first-order valence-electron chi connectivity index (χ1n) is 5.95. The first kappa shape index (κ1) is 13.8. The molecule has 1 amide bonds. The number of benzene rings is 2. The van der Waals surface area contributed by atoms with Gasteiger partial charge in [-0.15, -0.1) is 0 Å². The minimum Gasteiger partial charge on any atom is -0.375 e. The number of rotatable bonds is 2. The summed E-state index contributed by atoms with van der Waals surface area (Å²) in [6, 6.07) is 8.95. The molecule has 0 atom stereocenters. The summed E-state index contributed by atoms with van der Waals surface area (Å²) in [6.07, 6.45) is 0. The maximum absolute atomic E-state index is 13.6. The summed E-state index contributed by atoms with van der Waals surface area (Å²) in [5.41, 5.74) is 6.78. The number of nitrogens with one attached hydrogen (secondary N) is 1. The van der Waals surface area contributed by atoms with Crippen LogP contribution in [0, 0.1) is 5.82 Å². The Morgan fingerprint density at radius 2 is 2.10 bits per heavy atom. The summed E-state index contributed by atoms with van der Waals surface area (Å²) in [7, 11) is 0. The lowest BCUT2D eigenvalue weighted by atomic mass is 10.2. The molecule has 0 aliphatic carbocycles. The van der Waals surface area contributed by atoms with Crippen molar-refractivity contribution in [3.8, 4) is 0 Å². The van der Waals surface area contributed by atoms with E-state index in [0.717, 1.165) is 10.2 Å². The number of carbonyl (C=O) groups is 1. The molecule has 3 N–H and O–H groups in total. The molecule has 3 rings (SSSR count). The molecule has 0 fully saturated rings. The van der Waals surface area contributed by atoms with Gasteiger partial charge in [0, 0.05) is 10.6 Å². The Kier molecular flexibility index (Phi) is 3.48. The summed E-state index contributed by atoms with van der Waals surface area (Å²) < 4.78 is 14.4. The number of aromatic nitrogens is 1. The zero-order valence-corrected chi connectivity index (χ0v) is 12.1. The number of amides is 1. The molecular weight excluding hydrogens is 313 g/mol. The predicted molar refractivity (Wildman–Crippen MR) is 83.4 cm³/mol. The fourth-order valence-corrected chi connectivity index (χ4v) is 2.82. The number of nitrogen functional groups attached to an aromatic ring is 1. The van der Waals surface area contributed by atoms with Crippen LogP contribution in [-0.2, 0) is 0 Å². The number of thiazole rings is 1. The van der Waals surface area contributed by atoms with Crippen molar-refractivity contribution >= 4 is 49.9 Å². The van der Waals surface area contributed by atoms with E-state index in [1.165, 1.54) is 29.5 Å². The van der Waals surface area contributed by atoms with E-state index < -0.39 is 11.7 Å². The van der Waals surface area contributed by atoms with Crippen molar-refractivity contribution in [2.24, 2.45) is 0 Å². The lowest BCUT2D eigenvalue weighted by molar-refractivity contribution is 0.102. The quantitative estimate of drug-likeness (QED) is 0.751. The van der Waals surface area contributed by atoms with Crippen LogP contribution in [0.4, 0.5) is 15.2 Å². The van der Waals surface area contributed by atoms with E-state index >= 15 is 0 Å². The van der Waals surface area contributed by atoms with E-state index in [2.05, 4.69) is 10.3 Å². The molecule has 1 heterocycles. The van der Waals surface area contributed by atoms with Gasteiger partial charge in [-0.25, -0.2) is 9.37 Å². The average molecular weight is 322 g/mol. The van der Waals surface area contributed by atoms with E-state index in [-0.39, 0.29) is 5.69 Å². The van der Waals surface area contributed by atoms with Gasteiger partial charge in [0.05, 0.1) is 15.9 Å². The second kappa shape index (κ2) is 5.31. The van der Waals surface area contributed by atoms with Gasteiger partial charge < -0.3 is 11.1 Å². The van der Waals surface area contributed by atoms with Gasteiger partial charge in [0.2, 0.25) is 0 Å². The van der Waals surface area contributed by atoms with Crippen LogP contribution in [0.25, 0.3) is 10.2 Å². The molecule has 21 heavy (non-hydrogen) atoms. The summed E-state index contributed by atoms with van der Waals surface area (Å²) in [4.78, 5) is 16.3. The van der Waals surface area contributed by atoms with Crippen LogP contribution in [0.5, 0.6) is 0 Å². The second-order valence-corrected chi connectivity index (χ2v) is 5.81. The largest absolute Gasteiger partial charge is 0.375 e. The molecule has 7 heteroatoms. The van der Waals surface area contributed by atoms with Crippen molar-refractivity contribution < 1.29 is 9.18 Å². The fraction of sp³-hybridized carbons (Fsp3) is 0. The van der Waals surface area contributed by atoms with Crippen LogP contribution in [0.2, 0.25) is 5.02 Å². The number of anilines is 2. The van der Waals surface area contributed by atoms with E-state index in [1.807, 2.05) is 0 Å². The molecule has 4 nitrogen and oxygen atoms in total. The van der Waals surface area contributed by atoms with E-state index in [1.54, 1.807) is 18.2 Å². The van der Waals surface area contributed by atoms with Crippen molar-refractivity contribution in [3.63, 3.8) is 0 Å². The van der Waals surface area contributed by atoms with Crippen LogP contribution < -0.4 is 11.1 Å². The lowest BCUT2D eigenvalue weighted by Crippen LogP contribution is -2.12. The molecule has 106 valence electrons. The second-order valence-electron chi connectivity index (χ2n) is 4.31. The first-order chi connectivity index (χ1) is 10.0. The Labute approximate surface area is 128 Å². The standard InChI is InChI=1S/C14H9ClFN3OS/c15-8-2-3-9(16)11(6-8)18-13(20)7-1-4-10-12(5-7)21-14(17)19-10/h1-6H,(H2,17,19)(H,18,20). The molecule has 3 aromatic rings. The van der Waals surface area contributed by atoms with E-state index in [0.29, 0.717) is 15.7 Å². The van der Waals surface area contributed by atoms with Gasteiger partial charge >= 0.3 is 0 Å². The van der Waals surface area contributed by atoms with Gasteiger partial charge in [0.1, 0.15) is 5.82 Å². The van der Waals surface area contributed by atoms with Gasteiger partial charge in [-0.05, 0) is 36.4 Å². The molecule has 2 aromatic carbocycles. The fourth-order valence-electron chi connectivity index (χ4n) is 1.87. The molecule has 0 bridgehead atoms. The SMILES string of the molecule is Nc1nc2ccc(C(=O)Nc3cc(Cl)ccc3F)cc2s1. The van der Waals surface area contributed by atoms with Crippen LogP contribution in [0.3, 0.4) is 0 Å². The number of nitrogens with zero attached hydrogens (tertiary/aromatic N) is 1. The molecule has 0 saturated carbocycles. The molecule has 0 radical (unpaired) electrons. The third-order valence-electron chi connectivity index (χ3n) is 2.84. The number of halogens is 2. The molecule has 0 saturated heterocycles. The number of nitrogens with two attached hydrogens (primary N) is 1. The zero-order valence-electron chi connectivity index (χ0n) is 10.6. The zero-order chi connectivity index (χ0) is 15.0. The Balaban J connectivity index is 1.91. The third-order valence-corrected chi connectivity index (χ3v) is 3.93. The van der Waals surface area contributed by atoms with E-state index in [4.69, 9.17) is 17.3 Å². The Hall–Kier alpha value is -2.18. The highest BCUT2D eigenvalue weighted by molar-refractivity contribution is 7.22. The van der Waals surface area contributed by atoms with Crippen LogP contribution in [0.1, 0.15) is 10.4 Å². The van der Waals surface area contributed by atoms with Crippen molar-refractivity contribution in [2.75, 3.05) is 11.1 Å². The van der Waals surface area contributed by atoms with Crippen molar-refractivity contribution in [1.82, 2.24) is 4.98 Å². The number of hydrogen-bond donors (Lipinski definition) is 2. The average Bonchev–Trinajstić information content (AvgIpc) is 2.81. The van der Waals surface area contributed by atoms with Crippen LogP contribution in [-0.4, -0.2) is 10.9 Å². The van der Waals surface area contributed by atoms with Gasteiger partial charge in [-0.3, -0.25) is 4.79 Å². The number of fused-ring (bicyclic) bond motifs is 1. The highest BCUT2D eigenvalue weighted by Crippen LogP contribution is 2.25. The lowest BCUT2D eigenvalue weighted by Gasteiger charge is -2.06. The smallest absolute Gasteiger partial charge is 0.255 e. The van der Waals surface area contributed by atoms with Crippen molar-refractivity contribution in [2.45, 2.75) is 0 Å². The minimum atomic E-state index is -0.545. The highest BCUT2D eigenvalue weighted by atomic mass is 35.5. The monoisotopic (exact) mass is 321 g/mol. The molecule has 1 aromatic heterocycles. The first-order valence-corrected chi connectivity index (χ1v) is 7.15. The number of hydrogen-bond acceptors (Lipinski definition) is 4. The molecule has 0 aliphatic rings. The van der Waals surface area contributed by atoms with Gasteiger partial charge in [-0.2, -0.15) is 0 Å². The van der Waals surface area contributed by atoms with E-state index in [9.17, 15) is 9.18 Å². The van der Waals surface area contributed by atoms with Crippen molar-refractivity contribution in [3.05, 3.63) is 52.8 Å². The van der Waals surface area contributed by atoms with Gasteiger partial charge in [-0.1, -0.05) is 22.9 Å². The Bertz CT molecular complexity index is 849. The Morgan fingerprint density at radius 1 is 1.29 bits per heavy atom. The summed E-state index contributed by atoms with van der Waals surface area (Å²) >= 11 is 7.08. The maximum atomic E-state index is 13.6. The summed E-state index contributed by atoms with van der Waals surface area (Å²) in [5, 5.41) is 3.27. The topological polar surface area (TPSA) is 68.0 Å². The summed E-state index contributed by atoms with van der Waals surface area (Å²) in [5.74, 6) is -0.971. The Morgan fingerprint density at radius 3 is 2.90 bits per heavy atom. The molecule has 0 aliphatic heterocycles. The molecular formula is C14H9ClFN3OS. The predicted octanol–water partition coefficient (Wildman–Crippen LogP) is 3.92. The van der Waals surface area contributed by atoms with Crippen LogP contribution >= 0.6 is 22.9 Å². The third kappa shape index (κ3) is 2.81. The van der Waals surface area contributed by atoms with Crippen molar-refractivity contribution in [1.29, 1.82) is 0 Å². The maximum Gasteiger partial charge on any atom is 0.255 e. The highest BCUT2D eigenvalue weighted by Gasteiger charge is 2.11. The normalized spacial score (nSPS) is 10.8. The molecule has 0 unspecified atom stereocenters. The minimum absolute atomic E-state index is 0.0383. The van der Waals surface area contributed by atoms with Gasteiger partial charge in [0.25, 0.3) is 5.91 Å². The summed E-state index contributed by atoms with van der Waals surface area (Å²) in [6.45, 7) is 0. The number of carbonyl (C=O) groups excluding carboxylic acids is 1.